The van der Waals surface area contributed by atoms with E-state index in [1.807, 2.05) is 0 Å². The highest BCUT2D eigenvalue weighted by Gasteiger charge is 2.34. The predicted octanol–water partition coefficient (Wildman–Crippen LogP) is 1.56. The lowest BCUT2D eigenvalue weighted by Crippen LogP contribution is -2.46. The SMILES string of the molecule is COC(C)(C)C(=O)N(C)CCC1(O)CCCC1. The van der Waals surface area contributed by atoms with E-state index in [-0.39, 0.29) is 5.91 Å². The van der Waals surface area contributed by atoms with Crippen molar-refractivity contribution in [3.05, 3.63) is 0 Å². The topological polar surface area (TPSA) is 49.8 Å². The second-order valence-electron chi connectivity index (χ2n) is 5.62. The van der Waals surface area contributed by atoms with E-state index in [0.29, 0.717) is 13.0 Å². The van der Waals surface area contributed by atoms with Gasteiger partial charge >= 0.3 is 0 Å². The molecule has 0 unspecified atom stereocenters. The quantitative estimate of drug-likeness (QED) is 0.797. The van der Waals surface area contributed by atoms with Crippen LogP contribution in [0.1, 0.15) is 46.0 Å². The van der Waals surface area contributed by atoms with E-state index in [4.69, 9.17) is 4.74 Å². The summed E-state index contributed by atoms with van der Waals surface area (Å²) in [5.74, 6) is -0.0402. The monoisotopic (exact) mass is 243 g/mol. The van der Waals surface area contributed by atoms with Gasteiger partial charge in [-0.05, 0) is 33.1 Å². The van der Waals surface area contributed by atoms with Gasteiger partial charge in [0.1, 0.15) is 5.60 Å². The zero-order valence-electron chi connectivity index (χ0n) is 11.5. The van der Waals surface area contributed by atoms with Crippen LogP contribution in [-0.4, -0.2) is 47.8 Å². The van der Waals surface area contributed by atoms with Crippen molar-refractivity contribution >= 4 is 5.91 Å². The molecule has 0 bridgehead atoms. The molecule has 0 aliphatic heterocycles. The molecular weight excluding hydrogens is 218 g/mol. The van der Waals surface area contributed by atoms with Crippen molar-refractivity contribution in [3.63, 3.8) is 0 Å². The molecule has 0 spiro atoms. The van der Waals surface area contributed by atoms with E-state index in [1.165, 1.54) is 7.11 Å². The first-order valence-corrected chi connectivity index (χ1v) is 6.34. The number of likely N-dealkylation sites (N-methyl/N-ethyl adjacent to an activating group) is 1. The van der Waals surface area contributed by atoms with Crippen LogP contribution in [0, 0.1) is 0 Å². The summed E-state index contributed by atoms with van der Waals surface area (Å²) in [5, 5.41) is 10.2. The minimum atomic E-state index is -0.785. The van der Waals surface area contributed by atoms with Gasteiger partial charge in [-0.2, -0.15) is 0 Å². The number of hydrogen-bond donors (Lipinski definition) is 1. The smallest absolute Gasteiger partial charge is 0.253 e. The van der Waals surface area contributed by atoms with Gasteiger partial charge in [-0.1, -0.05) is 12.8 Å². The summed E-state index contributed by atoms with van der Waals surface area (Å²) < 4.78 is 5.16. The van der Waals surface area contributed by atoms with Crippen LogP contribution in [-0.2, 0) is 9.53 Å². The molecule has 1 aliphatic carbocycles. The van der Waals surface area contributed by atoms with Gasteiger partial charge in [0.15, 0.2) is 0 Å². The van der Waals surface area contributed by atoms with E-state index < -0.39 is 11.2 Å². The number of nitrogens with zero attached hydrogens (tertiary/aromatic N) is 1. The molecule has 4 heteroatoms. The van der Waals surface area contributed by atoms with E-state index in [0.717, 1.165) is 25.7 Å². The largest absolute Gasteiger partial charge is 0.390 e. The number of carbonyl (C=O) groups is 1. The van der Waals surface area contributed by atoms with Crippen LogP contribution in [0.4, 0.5) is 0 Å². The summed E-state index contributed by atoms with van der Waals surface area (Å²) in [4.78, 5) is 13.7. The van der Waals surface area contributed by atoms with Crippen molar-refractivity contribution < 1.29 is 14.6 Å². The molecule has 0 aromatic carbocycles. The number of ether oxygens (including phenoxy) is 1. The molecule has 0 atom stereocenters. The Kier molecular flexibility index (Phi) is 4.55. The normalized spacial score (nSPS) is 19.4. The number of aliphatic hydroxyl groups is 1. The summed E-state index contributed by atoms with van der Waals surface area (Å²) in [6, 6.07) is 0. The third-order valence-electron chi connectivity index (χ3n) is 3.82. The molecule has 0 heterocycles. The van der Waals surface area contributed by atoms with E-state index >= 15 is 0 Å². The molecule has 100 valence electrons. The van der Waals surface area contributed by atoms with Crippen molar-refractivity contribution in [1.29, 1.82) is 0 Å². The maximum Gasteiger partial charge on any atom is 0.253 e. The molecule has 0 aromatic rings. The molecule has 0 saturated heterocycles. The molecule has 17 heavy (non-hydrogen) atoms. The third kappa shape index (κ3) is 3.68. The number of hydrogen-bond acceptors (Lipinski definition) is 3. The predicted molar refractivity (Wildman–Crippen MR) is 66.8 cm³/mol. The van der Waals surface area contributed by atoms with Crippen molar-refractivity contribution in [1.82, 2.24) is 4.90 Å². The Hall–Kier alpha value is -0.610. The molecule has 1 saturated carbocycles. The van der Waals surface area contributed by atoms with Crippen LogP contribution in [0.25, 0.3) is 0 Å². The minimum absolute atomic E-state index is 0.0402. The summed E-state index contributed by atoms with van der Waals surface area (Å²) in [7, 11) is 3.30. The minimum Gasteiger partial charge on any atom is -0.390 e. The van der Waals surface area contributed by atoms with Crippen LogP contribution >= 0.6 is 0 Å². The molecule has 1 N–H and O–H groups in total. The highest BCUT2D eigenvalue weighted by atomic mass is 16.5. The number of rotatable bonds is 5. The molecule has 1 rings (SSSR count). The average molecular weight is 243 g/mol. The van der Waals surface area contributed by atoms with Gasteiger partial charge in [-0.3, -0.25) is 4.79 Å². The fourth-order valence-electron chi connectivity index (χ4n) is 2.31. The standard InChI is InChI=1S/C13H25NO3/c1-12(2,17-4)11(15)14(3)10-9-13(16)7-5-6-8-13/h16H,5-10H2,1-4H3. The number of amides is 1. The number of carbonyl (C=O) groups excluding carboxylic acids is 1. The zero-order chi connectivity index (χ0) is 13.1. The Labute approximate surface area is 104 Å². The fourth-order valence-corrected chi connectivity index (χ4v) is 2.31. The molecule has 4 nitrogen and oxygen atoms in total. The van der Waals surface area contributed by atoms with Gasteiger partial charge in [0.25, 0.3) is 5.91 Å². The molecular formula is C13H25NO3. The van der Waals surface area contributed by atoms with E-state index in [9.17, 15) is 9.90 Å². The lowest BCUT2D eigenvalue weighted by molar-refractivity contribution is -0.150. The Bertz CT molecular complexity index is 270. The van der Waals surface area contributed by atoms with Crippen molar-refractivity contribution in [3.8, 4) is 0 Å². The van der Waals surface area contributed by atoms with Gasteiger partial charge in [-0.15, -0.1) is 0 Å². The fraction of sp³-hybridized carbons (Fsp3) is 0.923. The Morgan fingerprint density at radius 3 is 2.41 bits per heavy atom. The number of methoxy groups -OCH3 is 1. The Morgan fingerprint density at radius 2 is 1.94 bits per heavy atom. The van der Waals surface area contributed by atoms with Crippen LogP contribution < -0.4 is 0 Å². The third-order valence-corrected chi connectivity index (χ3v) is 3.82. The van der Waals surface area contributed by atoms with Crippen LogP contribution in [0.2, 0.25) is 0 Å². The molecule has 1 amide bonds. The first-order valence-electron chi connectivity index (χ1n) is 6.34. The first kappa shape index (κ1) is 14.5. The van der Waals surface area contributed by atoms with Gasteiger partial charge in [0.2, 0.25) is 0 Å². The van der Waals surface area contributed by atoms with Gasteiger partial charge in [0.05, 0.1) is 5.60 Å². The lowest BCUT2D eigenvalue weighted by atomic mass is 9.97. The second kappa shape index (κ2) is 5.36. The molecule has 1 aliphatic rings. The van der Waals surface area contributed by atoms with E-state index in [2.05, 4.69) is 0 Å². The highest BCUT2D eigenvalue weighted by molar-refractivity contribution is 5.84. The molecule has 0 aromatic heterocycles. The van der Waals surface area contributed by atoms with Crippen LogP contribution in [0.3, 0.4) is 0 Å². The summed E-state index contributed by atoms with van der Waals surface area (Å²) in [6.07, 6.45) is 4.58. The first-order chi connectivity index (χ1) is 7.81. The van der Waals surface area contributed by atoms with E-state index in [1.54, 1.807) is 25.8 Å². The second-order valence-corrected chi connectivity index (χ2v) is 5.62. The van der Waals surface area contributed by atoms with Crippen LogP contribution in [0.15, 0.2) is 0 Å². The summed E-state index contributed by atoms with van der Waals surface area (Å²) in [6.45, 7) is 4.11. The van der Waals surface area contributed by atoms with Gasteiger partial charge in [0, 0.05) is 20.7 Å². The van der Waals surface area contributed by atoms with Crippen molar-refractivity contribution in [2.75, 3.05) is 20.7 Å². The molecule has 1 fully saturated rings. The lowest BCUT2D eigenvalue weighted by Gasteiger charge is -2.30. The van der Waals surface area contributed by atoms with Gasteiger partial charge < -0.3 is 14.7 Å². The summed E-state index contributed by atoms with van der Waals surface area (Å²) >= 11 is 0. The van der Waals surface area contributed by atoms with Crippen LogP contribution in [0.5, 0.6) is 0 Å². The van der Waals surface area contributed by atoms with Crippen molar-refractivity contribution in [2.24, 2.45) is 0 Å². The van der Waals surface area contributed by atoms with Gasteiger partial charge in [-0.25, -0.2) is 0 Å². The average Bonchev–Trinajstić information content (AvgIpc) is 2.72. The summed E-state index contributed by atoms with van der Waals surface area (Å²) in [5.41, 5.74) is -1.33. The van der Waals surface area contributed by atoms with Crippen molar-refractivity contribution in [2.45, 2.75) is 57.2 Å². The Morgan fingerprint density at radius 1 is 1.41 bits per heavy atom. The highest BCUT2D eigenvalue weighted by Crippen LogP contribution is 2.32. The maximum absolute atomic E-state index is 12.0. The maximum atomic E-state index is 12.0. The Balaban J connectivity index is 2.44. The zero-order valence-corrected chi connectivity index (χ0v) is 11.5. The molecule has 0 radical (unpaired) electrons.